The standard InChI is InChI=1S/C20H28O4/c1-13-6-5-10-20(4)17(23-20)12-15-9-11-19(3,16(21)8-7-13)24-18(22)14(15)2/h6,15,17H,2,5,7-12H2,1,3-4H3/b13-6-/t15-,17+,19-,20+/m1/s1. The molecule has 0 aromatic heterocycles. The Morgan fingerprint density at radius 1 is 1.21 bits per heavy atom. The average Bonchev–Trinajstić information content (AvgIpc) is 3.18. The number of rotatable bonds is 0. The molecule has 132 valence electrons. The number of hydrogen-bond donors (Lipinski definition) is 0. The molecule has 0 aromatic rings. The van der Waals surface area contributed by atoms with Crippen molar-refractivity contribution in [1.82, 2.24) is 0 Å². The number of hydrogen-bond acceptors (Lipinski definition) is 4. The average molecular weight is 332 g/mol. The van der Waals surface area contributed by atoms with Gasteiger partial charge in [0.2, 0.25) is 0 Å². The van der Waals surface area contributed by atoms with Crippen LogP contribution in [0.25, 0.3) is 0 Å². The van der Waals surface area contributed by atoms with Crippen molar-refractivity contribution in [3.8, 4) is 0 Å². The number of ether oxygens (including phenoxy) is 2. The number of carbonyl (C=O) groups excluding carboxylic acids is 2. The van der Waals surface area contributed by atoms with Gasteiger partial charge in [-0.3, -0.25) is 4.79 Å². The second-order valence-corrected chi connectivity index (χ2v) is 8.05. The summed E-state index contributed by atoms with van der Waals surface area (Å²) in [5.41, 5.74) is 0.601. The first-order valence-corrected chi connectivity index (χ1v) is 9.02. The number of carbonyl (C=O) groups is 2. The highest BCUT2D eigenvalue weighted by Gasteiger charge is 2.53. The Hall–Kier alpha value is -1.42. The zero-order valence-electron chi connectivity index (χ0n) is 15.0. The van der Waals surface area contributed by atoms with Gasteiger partial charge in [-0.15, -0.1) is 0 Å². The third kappa shape index (κ3) is 3.34. The van der Waals surface area contributed by atoms with E-state index in [9.17, 15) is 9.59 Å². The van der Waals surface area contributed by atoms with Gasteiger partial charge in [-0.2, -0.15) is 0 Å². The minimum absolute atomic E-state index is 0.0154. The Bertz CT molecular complexity index is 605. The Labute approximate surface area is 144 Å². The molecule has 24 heavy (non-hydrogen) atoms. The van der Waals surface area contributed by atoms with E-state index in [0.717, 1.165) is 32.1 Å². The number of ketones is 1. The minimum atomic E-state index is -1.02. The Morgan fingerprint density at radius 3 is 2.71 bits per heavy atom. The maximum absolute atomic E-state index is 12.7. The fourth-order valence-corrected chi connectivity index (χ4v) is 3.92. The van der Waals surface area contributed by atoms with Crippen molar-refractivity contribution in [3.63, 3.8) is 0 Å². The molecule has 0 saturated carbocycles. The fourth-order valence-electron chi connectivity index (χ4n) is 3.92. The van der Waals surface area contributed by atoms with Gasteiger partial charge in [0, 0.05) is 12.0 Å². The van der Waals surface area contributed by atoms with E-state index in [0.29, 0.717) is 18.4 Å². The van der Waals surface area contributed by atoms with Gasteiger partial charge < -0.3 is 9.47 Å². The summed E-state index contributed by atoms with van der Waals surface area (Å²) in [5, 5.41) is 0. The molecule has 2 aliphatic heterocycles. The fraction of sp³-hybridized carbons (Fsp3) is 0.700. The molecule has 3 aliphatic rings. The topological polar surface area (TPSA) is 55.9 Å². The van der Waals surface area contributed by atoms with Crippen LogP contribution >= 0.6 is 0 Å². The van der Waals surface area contributed by atoms with Gasteiger partial charge in [0.15, 0.2) is 11.4 Å². The van der Waals surface area contributed by atoms with E-state index in [1.54, 1.807) is 6.92 Å². The van der Waals surface area contributed by atoms with E-state index in [1.165, 1.54) is 5.57 Å². The first kappa shape index (κ1) is 17.4. The summed E-state index contributed by atoms with van der Waals surface area (Å²) in [7, 11) is 0. The van der Waals surface area contributed by atoms with Crippen LogP contribution in [0.5, 0.6) is 0 Å². The molecule has 2 saturated heterocycles. The molecule has 0 amide bonds. The van der Waals surface area contributed by atoms with Crippen molar-refractivity contribution in [2.75, 3.05) is 0 Å². The van der Waals surface area contributed by atoms with E-state index in [-0.39, 0.29) is 23.4 Å². The van der Waals surface area contributed by atoms with Crippen molar-refractivity contribution in [2.24, 2.45) is 5.92 Å². The van der Waals surface area contributed by atoms with E-state index in [4.69, 9.17) is 9.47 Å². The molecule has 0 radical (unpaired) electrons. The smallest absolute Gasteiger partial charge is 0.334 e. The van der Waals surface area contributed by atoms with Crippen LogP contribution in [-0.4, -0.2) is 29.1 Å². The zero-order valence-corrected chi connectivity index (χ0v) is 15.0. The summed E-state index contributed by atoms with van der Waals surface area (Å²) >= 11 is 0. The highest BCUT2D eigenvalue weighted by Crippen LogP contribution is 2.46. The molecule has 1 aliphatic carbocycles. The third-order valence-corrected chi connectivity index (χ3v) is 6.05. The second kappa shape index (κ2) is 6.14. The molecule has 4 nitrogen and oxygen atoms in total. The Morgan fingerprint density at radius 2 is 1.96 bits per heavy atom. The van der Waals surface area contributed by atoms with Crippen LogP contribution in [0.3, 0.4) is 0 Å². The number of esters is 1. The predicted octanol–water partition coefficient (Wildman–Crippen LogP) is 3.89. The summed E-state index contributed by atoms with van der Waals surface area (Å²) in [4.78, 5) is 25.1. The number of epoxide rings is 1. The van der Waals surface area contributed by atoms with Gasteiger partial charge in [0.05, 0.1) is 11.7 Å². The summed E-state index contributed by atoms with van der Waals surface area (Å²) in [5.74, 6) is -0.362. The van der Waals surface area contributed by atoms with Crippen LogP contribution in [0.1, 0.15) is 65.7 Å². The molecular formula is C20H28O4. The molecular weight excluding hydrogens is 304 g/mol. The molecule has 2 bridgehead atoms. The van der Waals surface area contributed by atoms with Gasteiger partial charge in [-0.25, -0.2) is 4.79 Å². The van der Waals surface area contributed by atoms with E-state index in [2.05, 4.69) is 26.5 Å². The highest BCUT2D eigenvalue weighted by atomic mass is 16.6. The lowest BCUT2D eigenvalue weighted by Crippen LogP contribution is -2.39. The molecule has 0 aromatic carbocycles. The van der Waals surface area contributed by atoms with E-state index in [1.807, 2.05) is 0 Å². The maximum Gasteiger partial charge on any atom is 0.334 e. The Balaban J connectivity index is 1.86. The summed E-state index contributed by atoms with van der Waals surface area (Å²) < 4.78 is 11.5. The van der Waals surface area contributed by atoms with Crippen molar-refractivity contribution in [1.29, 1.82) is 0 Å². The van der Waals surface area contributed by atoms with E-state index >= 15 is 0 Å². The summed E-state index contributed by atoms with van der Waals surface area (Å²) in [6.07, 6.45) is 7.56. The van der Waals surface area contributed by atoms with Crippen molar-refractivity contribution in [2.45, 2.75) is 83.0 Å². The van der Waals surface area contributed by atoms with Gasteiger partial charge in [0.1, 0.15) is 0 Å². The monoisotopic (exact) mass is 332 g/mol. The quantitative estimate of drug-likeness (QED) is 0.292. The van der Waals surface area contributed by atoms with Crippen molar-refractivity contribution >= 4 is 11.8 Å². The normalized spacial score (nSPS) is 43.1. The van der Waals surface area contributed by atoms with Crippen molar-refractivity contribution < 1.29 is 19.1 Å². The van der Waals surface area contributed by atoms with Crippen LogP contribution in [0.15, 0.2) is 23.8 Å². The minimum Gasteiger partial charge on any atom is -0.448 e. The molecule has 3 rings (SSSR count). The lowest BCUT2D eigenvalue weighted by atomic mass is 9.83. The van der Waals surface area contributed by atoms with Gasteiger partial charge in [0.25, 0.3) is 0 Å². The number of Topliss-reactive ketones (excluding diaryl/α,β-unsaturated/α-hetero) is 1. The number of fused-ring (bicyclic) bond motifs is 4. The van der Waals surface area contributed by atoms with Crippen LogP contribution in [-0.2, 0) is 19.1 Å². The van der Waals surface area contributed by atoms with Crippen LogP contribution in [0.2, 0.25) is 0 Å². The first-order chi connectivity index (χ1) is 11.2. The second-order valence-electron chi connectivity index (χ2n) is 8.05. The largest absolute Gasteiger partial charge is 0.448 e. The summed E-state index contributed by atoms with van der Waals surface area (Å²) in [6.45, 7) is 9.92. The van der Waals surface area contributed by atoms with Crippen LogP contribution in [0.4, 0.5) is 0 Å². The molecule has 0 unspecified atom stereocenters. The van der Waals surface area contributed by atoms with E-state index < -0.39 is 11.6 Å². The van der Waals surface area contributed by atoms with Gasteiger partial charge >= 0.3 is 5.97 Å². The molecule has 2 heterocycles. The van der Waals surface area contributed by atoms with Gasteiger partial charge in [-0.05, 0) is 65.2 Å². The predicted molar refractivity (Wildman–Crippen MR) is 91.5 cm³/mol. The van der Waals surface area contributed by atoms with Crippen molar-refractivity contribution in [3.05, 3.63) is 23.8 Å². The lowest BCUT2D eigenvalue weighted by molar-refractivity contribution is -0.161. The zero-order chi connectivity index (χ0) is 17.5. The van der Waals surface area contributed by atoms with Gasteiger partial charge in [-0.1, -0.05) is 18.2 Å². The Kier molecular flexibility index (Phi) is 4.45. The third-order valence-electron chi connectivity index (χ3n) is 6.05. The molecule has 4 atom stereocenters. The molecule has 0 spiro atoms. The molecule has 2 fully saturated rings. The van der Waals surface area contributed by atoms with Crippen LogP contribution in [0, 0.1) is 5.92 Å². The summed E-state index contributed by atoms with van der Waals surface area (Å²) in [6, 6.07) is 0. The lowest BCUT2D eigenvalue weighted by Gasteiger charge is -2.26. The SMILES string of the molecule is C=C1C(=O)O[C@]2(C)CC[C@@H]1C[C@@H]1O[C@@]1(C)CC/C=C(/C)CCC2=O. The molecule has 4 heteroatoms. The molecule has 0 N–H and O–H groups in total. The van der Waals surface area contributed by atoms with Crippen LogP contribution < -0.4 is 0 Å². The number of allylic oxidation sites excluding steroid dienone is 2. The first-order valence-electron chi connectivity index (χ1n) is 9.02. The highest BCUT2D eigenvalue weighted by molar-refractivity contribution is 5.94. The maximum atomic E-state index is 12.7.